The summed E-state index contributed by atoms with van der Waals surface area (Å²) >= 11 is 0. The quantitative estimate of drug-likeness (QED) is 0.541. The third-order valence-electron chi connectivity index (χ3n) is 4.75. The second-order valence-electron chi connectivity index (χ2n) is 6.64. The number of non-ortho nitro benzene ring substituents is 1. The molecule has 1 aliphatic heterocycles. The smallest absolute Gasteiger partial charge is 0.269 e. The molecule has 0 saturated carbocycles. The summed E-state index contributed by atoms with van der Waals surface area (Å²) in [5, 5.41) is 10.8. The Morgan fingerprint density at radius 1 is 1.18 bits per heavy atom. The molecule has 28 heavy (non-hydrogen) atoms. The number of nitrogens with zero attached hydrogens (tertiary/aromatic N) is 2. The number of ether oxygens (including phenoxy) is 1. The normalized spacial score (nSPS) is 17.8. The molecule has 148 valence electrons. The van der Waals surface area contributed by atoms with Gasteiger partial charge in [-0.3, -0.25) is 14.9 Å². The van der Waals surface area contributed by atoms with Crippen LogP contribution in [0.2, 0.25) is 0 Å². The fourth-order valence-electron chi connectivity index (χ4n) is 3.21. The number of nitro groups is 1. The lowest BCUT2D eigenvalue weighted by Crippen LogP contribution is -2.40. The molecular formula is C19H20N2O6S. The zero-order valence-corrected chi connectivity index (χ0v) is 16.1. The fourth-order valence-corrected chi connectivity index (χ4v) is 4.94. The van der Waals surface area contributed by atoms with Crippen molar-refractivity contribution in [1.82, 2.24) is 4.90 Å². The second kappa shape index (κ2) is 7.97. The van der Waals surface area contributed by atoms with Gasteiger partial charge in [-0.2, -0.15) is 0 Å². The molecule has 0 bridgehead atoms. The maximum absolute atomic E-state index is 13.1. The van der Waals surface area contributed by atoms with Crippen LogP contribution in [0.3, 0.4) is 0 Å². The molecule has 2 aromatic carbocycles. The number of hydrogen-bond donors (Lipinski definition) is 0. The van der Waals surface area contributed by atoms with Crippen molar-refractivity contribution in [3.05, 3.63) is 69.8 Å². The molecule has 0 aliphatic carbocycles. The van der Waals surface area contributed by atoms with Gasteiger partial charge in [0.25, 0.3) is 11.6 Å². The number of methoxy groups -OCH3 is 1. The van der Waals surface area contributed by atoms with Crippen molar-refractivity contribution in [3.63, 3.8) is 0 Å². The van der Waals surface area contributed by atoms with Crippen LogP contribution >= 0.6 is 0 Å². The SMILES string of the molecule is COc1ccc(CN(C(=O)c2ccc([N+](=O)[O-])cc2)C2CCS(=O)(=O)C2)cc1. The maximum atomic E-state index is 13.1. The zero-order valence-electron chi connectivity index (χ0n) is 15.3. The molecule has 1 saturated heterocycles. The van der Waals surface area contributed by atoms with Crippen LogP contribution in [0.4, 0.5) is 5.69 Å². The van der Waals surface area contributed by atoms with Gasteiger partial charge < -0.3 is 9.64 Å². The predicted octanol–water partition coefficient (Wildman–Crippen LogP) is 2.43. The van der Waals surface area contributed by atoms with Crippen LogP contribution in [-0.2, 0) is 16.4 Å². The third kappa shape index (κ3) is 4.48. The van der Waals surface area contributed by atoms with Crippen molar-refractivity contribution in [2.45, 2.75) is 19.0 Å². The lowest BCUT2D eigenvalue weighted by Gasteiger charge is -2.28. The van der Waals surface area contributed by atoms with Crippen LogP contribution in [0.1, 0.15) is 22.3 Å². The first-order valence-electron chi connectivity index (χ1n) is 8.68. The molecule has 2 aromatic rings. The number of carbonyl (C=O) groups is 1. The Labute approximate surface area is 162 Å². The number of rotatable bonds is 6. The van der Waals surface area contributed by atoms with E-state index in [-0.39, 0.29) is 35.2 Å². The Balaban J connectivity index is 1.88. The first kappa shape index (κ1) is 19.8. The van der Waals surface area contributed by atoms with Gasteiger partial charge in [0.1, 0.15) is 5.75 Å². The highest BCUT2D eigenvalue weighted by Crippen LogP contribution is 2.24. The molecule has 0 radical (unpaired) electrons. The average molecular weight is 404 g/mol. The molecule has 0 aromatic heterocycles. The van der Waals surface area contributed by atoms with Crippen LogP contribution < -0.4 is 4.74 Å². The van der Waals surface area contributed by atoms with Crippen LogP contribution in [-0.4, -0.2) is 48.8 Å². The zero-order chi connectivity index (χ0) is 20.3. The summed E-state index contributed by atoms with van der Waals surface area (Å²) in [5.41, 5.74) is 1.01. The fraction of sp³-hybridized carbons (Fsp3) is 0.316. The van der Waals surface area contributed by atoms with Crippen molar-refractivity contribution in [1.29, 1.82) is 0 Å². The monoisotopic (exact) mass is 404 g/mol. The number of sulfone groups is 1. The van der Waals surface area contributed by atoms with Gasteiger partial charge in [0.15, 0.2) is 9.84 Å². The summed E-state index contributed by atoms with van der Waals surface area (Å²) < 4.78 is 29.0. The number of amides is 1. The van der Waals surface area contributed by atoms with Crippen molar-refractivity contribution >= 4 is 21.4 Å². The number of benzene rings is 2. The van der Waals surface area contributed by atoms with E-state index < -0.39 is 20.8 Å². The van der Waals surface area contributed by atoms with Crippen LogP contribution in [0.25, 0.3) is 0 Å². The highest BCUT2D eigenvalue weighted by atomic mass is 32.2. The van der Waals surface area contributed by atoms with Crippen molar-refractivity contribution in [2.24, 2.45) is 0 Å². The Bertz CT molecular complexity index is 970. The van der Waals surface area contributed by atoms with E-state index in [2.05, 4.69) is 0 Å². The summed E-state index contributed by atoms with van der Waals surface area (Å²) in [5.74, 6) is 0.292. The molecular weight excluding hydrogens is 384 g/mol. The molecule has 3 rings (SSSR count). The molecule has 0 N–H and O–H groups in total. The molecule has 9 heteroatoms. The third-order valence-corrected chi connectivity index (χ3v) is 6.50. The van der Waals surface area contributed by atoms with Gasteiger partial charge in [-0.15, -0.1) is 0 Å². The van der Waals surface area contributed by atoms with Crippen molar-refractivity contribution in [2.75, 3.05) is 18.6 Å². The van der Waals surface area contributed by atoms with Gasteiger partial charge in [-0.25, -0.2) is 8.42 Å². The summed E-state index contributed by atoms with van der Waals surface area (Å²) in [6.07, 6.45) is 0.372. The van der Waals surface area contributed by atoms with E-state index in [4.69, 9.17) is 4.74 Å². The van der Waals surface area contributed by atoms with Gasteiger partial charge in [-0.05, 0) is 36.2 Å². The average Bonchev–Trinajstić information content (AvgIpc) is 3.05. The molecule has 0 spiro atoms. The molecule has 1 atom stereocenters. The minimum Gasteiger partial charge on any atom is -0.497 e. The minimum absolute atomic E-state index is 0.0460. The lowest BCUT2D eigenvalue weighted by molar-refractivity contribution is -0.384. The van der Waals surface area contributed by atoms with Crippen molar-refractivity contribution < 1.29 is 22.9 Å². The first-order valence-corrected chi connectivity index (χ1v) is 10.5. The number of hydrogen-bond acceptors (Lipinski definition) is 6. The van der Waals surface area contributed by atoms with E-state index in [9.17, 15) is 23.3 Å². The van der Waals surface area contributed by atoms with Gasteiger partial charge in [0.2, 0.25) is 0 Å². The van der Waals surface area contributed by atoms with Gasteiger partial charge in [0.05, 0.1) is 23.5 Å². The minimum atomic E-state index is -3.18. The topological polar surface area (TPSA) is 107 Å². The van der Waals surface area contributed by atoms with E-state index in [1.54, 1.807) is 19.2 Å². The number of carbonyl (C=O) groups excluding carboxylic acids is 1. The van der Waals surface area contributed by atoms with E-state index in [1.165, 1.54) is 29.2 Å². The summed E-state index contributed by atoms with van der Waals surface area (Å²) in [6, 6.07) is 12.1. The molecule has 1 heterocycles. The van der Waals surface area contributed by atoms with Crippen LogP contribution in [0.5, 0.6) is 5.75 Å². The molecule has 1 unspecified atom stereocenters. The second-order valence-corrected chi connectivity index (χ2v) is 8.87. The van der Waals surface area contributed by atoms with E-state index in [1.807, 2.05) is 12.1 Å². The molecule has 1 amide bonds. The molecule has 8 nitrogen and oxygen atoms in total. The summed E-state index contributed by atoms with van der Waals surface area (Å²) in [7, 11) is -1.62. The largest absolute Gasteiger partial charge is 0.497 e. The van der Waals surface area contributed by atoms with Gasteiger partial charge in [0, 0.05) is 30.3 Å². The summed E-state index contributed by atoms with van der Waals surface area (Å²) in [4.78, 5) is 24.9. The summed E-state index contributed by atoms with van der Waals surface area (Å²) in [6.45, 7) is 0.236. The van der Waals surface area contributed by atoms with Crippen LogP contribution in [0, 0.1) is 10.1 Å². The molecule has 1 fully saturated rings. The molecule has 1 aliphatic rings. The van der Waals surface area contributed by atoms with E-state index in [0.717, 1.165) is 5.56 Å². The number of nitro benzene ring substituents is 1. The lowest BCUT2D eigenvalue weighted by atomic mass is 10.1. The Kier molecular flexibility index (Phi) is 5.64. The van der Waals surface area contributed by atoms with E-state index >= 15 is 0 Å². The Morgan fingerprint density at radius 2 is 1.82 bits per heavy atom. The van der Waals surface area contributed by atoms with Crippen LogP contribution in [0.15, 0.2) is 48.5 Å². The van der Waals surface area contributed by atoms with Crippen molar-refractivity contribution in [3.8, 4) is 5.75 Å². The predicted molar refractivity (Wildman–Crippen MR) is 103 cm³/mol. The van der Waals surface area contributed by atoms with Gasteiger partial charge >= 0.3 is 0 Å². The highest BCUT2D eigenvalue weighted by Gasteiger charge is 2.35. The van der Waals surface area contributed by atoms with Gasteiger partial charge in [-0.1, -0.05) is 12.1 Å². The highest BCUT2D eigenvalue weighted by molar-refractivity contribution is 7.91. The maximum Gasteiger partial charge on any atom is 0.269 e. The first-order chi connectivity index (χ1) is 13.3. The Morgan fingerprint density at radius 3 is 2.32 bits per heavy atom. The Hall–Kier alpha value is -2.94. The van der Waals surface area contributed by atoms with E-state index in [0.29, 0.717) is 12.2 Å². The standard InChI is InChI=1S/C19H20N2O6S/c1-27-18-8-2-14(3-9-18)12-20(17-10-11-28(25,26)13-17)19(22)15-4-6-16(7-5-15)21(23)24/h2-9,17H,10-13H2,1H3.